The zero-order chi connectivity index (χ0) is 12.5. The van der Waals surface area contributed by atoms with Gasteiger partial charge >= 0.3 is 0 Å². The van der Waals surface area contributed by atoms with Crippen LogP contribution in [-0.4, -0.2) is 24.7 Å². The van der Waals surface area contributed by atoms with E-state index < -0.39 is 0 Å². The van der Waals surface area contributed by atoms with Crippen molar-refractivity contribution in [3.8, 4) is 0 Å². The molecule has 1 atom stereocenters. The van der Waals surface area contributed by atoms with Crippen LogP contribution in [0.15, 0.2) is 22.7 Å². The Hall–Kier alpha value is -0.980. The molecule has 0 bridgehead atoms. The first-order chi connectivity index (χ1) is 8.01. The van der Waals surface area contributed by atoms with Gasteiger partial charge in [-0.15, -0.1) is 0 Å². The quantitative estimate of drug-likeness (QED) is 0.672. The van der Waals surface area contributed by atoms with Crippen LogP contribution in [0.3, 0.4) is 0 Å². The number of morpholine rings is 1. The second-order valence-electron chi connectivity index (χ2n) is 4.27. The van der Waals surface area contributed by atoms with Crippen LogP contribution in [0.25, 0.3) is 0 Å². The Morgan fingerprint density at radius 2 is 2.29 bits per heavy atom. The van der Waals surface area contributed by atoms with E-state index in [4.69, 9.17) is 4.74 Å². The number of rotatable bonds is 2. The van der Waals surface area contributed by atoms with Gasteiger partial charge in [-0.1, -0.05) is 15.9 Å². The first kappa shape index (κ1) is 12.5. The van der Waals surface area contributed by atoms with Gasteiger partial charge in [0.15, 0.2) is 0 Å². The summed E-state index contributed by atoms with van der Waals surface area (Å²) in [6.45, 7) is 3.92. The Bertz CT molecular complexity index is 444. The molecule has 1 heterocycles. The summed E-state index contributed by atoms with van der Waals surface area (Å²) in [5.41, 5.74) is 0.577. The molecule has 92 valence electrons. The predicted octanol–water partition coefficient (Wildman–Crippen LogP) is 2.19. The zero-order valence-corrected chi connectivity index (χ0v) is 11.0. The minimum Gasteiger partial charge on any atom is -0.378 e. The topological polar surface area (TPSA) is 64.4 Å². The summed E-state index contributed by atoms with van der Waals surface area (Å²) in [6.07, 6.45) is 0. The minimum atomic E-state index is -0.388. The van der Waals surface area contributed by atoms with Crippen LogP contribution in [0.2, 0.25) is 0 Å². The molecule has 0 spiro atoms. The highest BCUT2D eigenvalue weighted by atomic mass is 79.9. The highest BCUT2D eigenvalue weighted by molar-refractivity contribution is 9.10. The summed E-state index contributed by atoms with van der Waals surface area (Å²) >= 11 is 3.30. The lowest BCUT2D eigenvalue weighted by molar-refractivity contribution is -0.385. The maximum atomic E-state index is 10.8. The molecule has 0 aliphatic carbocycles. The van der Waals surface area contributed by atoms with Crippen LogP contribution in [0, 0.1) is 10.1 Å². The van der Waals surface area contributed by atoms with Crippen LogP contribution < -0.4 is 5.32 Å². The van der Waals surface area contributed by atoms with Gasteiger partial charge in [-0.3, -0.25) is 10.1 Å². The molecule has 0 unspecified atom stereocenters. The first-order valence-corrected chi connectivity index (χ1v) is 6.09. The number of ether oxygens (including phenoxy) is 1. The Kier molecular flexibility index (Phi) is 3.46. The van der Waals surface area contributed by atoms with E-state index in [1.165, 1.54) is 6.07 Å². The summed E-state index contributed by atoms with van der Waals surface area (Å²) in [6, 6.07) is 4.97. The standard InChI is InChI=1S/C11H13BrN2O3/c1-11(7-17-3-2-13-11)8-4-9(12)6-10(5-8)14(15)16/h4-6,13H,2-3,7H2,1H3/t11-/m0/s1. The van der Waals surface area contributed by atoms with Crippen molar-refractivity contribution in [2.45, 2.75) is 12.5 Å². The summed E-state index contributed by atoms with van der Waals surface area (Å²) < 4.78 is 6.14. The molecule has 17 heavy (non-hydrogen) atoms. The lowest BCUT2D eigenvalue weighted by atomic mass is 9.91. The van der Waals surface area contributed by atoms with Gasteiger partial charge in [0.05, 0.1) is 23.7 Å². The number of halogens is 1. The molecule has 0 amide bonds. The smallest absolute Gasteiger partial charge is 0.270 e. The van der Waals surface area contributed by atoms with Crippen LogP contribution in [0.4, 0.5) is 5.69 Å². The summed E-state index contributed by atoms with van der Waals surface area (Å²) in [5, 5.41) is 14.2. The van der Waals surface area contributed by atoms with Crippen molar-refractivity contribution in [2.24, 2.45) is 0 Å². The van der Waals surface area contributed by atoms with Gasteiger partial charge in [0.1, 0.15) is 0 Å². The van der Waals surface area contributed by atoms with Gasteiger partial charge in [-0.2, -0.15) is 0 Å². The van der Waals surface area contributed by atoms with Gasteiger partial charge in [0.25, 0.3) is 5.69 Å². The van der Waals surface area contributed by atoms with E-state index in [1.807, 2.05) is 13.0 Å². The number of hydrogen-bond acceptors (Lipinski definition) is 4. The maximum absolute atomic E-state index is 10.8. The molecule has 1 fully saturated rings. The normalized spacial score (nSPS) is 24.6. The number of non-ortho nitro benzene ring substituents is 1. The second kappa shape index (κ2) is 4.72. The lowest BCUT2D eigenvalue weighted by Gasteiger charge is -2.35. The van der Waals surface area contributed by atoms with Crippen molar-refractivity contribution in [1.82, 2.24) is 5.32 Å². The Morgan fingerprint density at radius 1 is 1.53 bits per heavy atom. The van der Waals surface area contributed by atoms with Gasteiger partial charge in [-0.25, -0.2) is 0 Å². The van der Waals surface area contributed by atoms with Gasteiger partial charge < -0.3 is 10.1 Å². The van der Waals surface area contributed by atoms with Gasteiger partial charge in [0, 0.05) is 23.2 Å². The molecule has 1 aliphatic heterocycles. The predicted molar refractivity (Wildman–Crippen MR) is 67.0 cm³/mol. The molecule has 0 radical (unpaired) electrons. The fraction of sp³-hybridized carbons (Fsp3) is 0.455. The molecule has 1 saturated heterocycles. The van der Waals surface area contributed by atoms with E-state index >= 15 is 0 Å². The molecule has 1 aromatic rings. The average molecular weight is 301 g/mol. The second-order valence-corrected chi connectivity index (χ2v) is 5.18. The molecular weight excluding hydrogens is 288 g/mol. The molecule has 6 heteroatoms. The zero-order valence-electron chi connectivity index (χ0n) is 9.40. The molecule has 0 aromatic heterocycles. The SMILES string of the molecule is C[C@@]1(c2cc(Br)cc([N+](=O)[O-])c2)COCCN1. The first-order valence-electron chi connectivity index (χ1n) is 5.29. The Morgan fingerprint density at radius 3 is 2.88 bits per heavy atom. The van der Waals surface area contributed by atoms with Crippen LogP contribution in [0.1, 0.15) is 12.5 Å². The van der Waals surface area contributed by atoms with Crippen molar-refractivity contribution in [1.29, 1.82) is 0 Å². The lowest BCUT2D eigenvalue weighted by Crippen LogP contribution is -2.49. The van der Waals surface area contributed by atoms with E-state index in [2.05, 4.69) is 21.2 Å². The van der Waals surface area contributed by atoms with Crippen LogP contribution in [0.5, 0.6) is 0 Å². The molecule has 1 N–H and O–H groups in total. The third-order valence-corrected chi connectivity index (χ3v) is 3.34. The molecule has 2 rings (SSSR count). The highest BCUT2D eigenvalue weighted by Crippen LogP contribution is 2.30. The number of hydrogen-bond donors (Lipinski definition) is 1. The van der Waals surface area contributed by atoms with Crippen LogP contribution >= 0.6 is 15.9 Å². The van der Waals surface area contributed by atoms with Gasteiger partial charge in [-0.05, 0) is 18.6 Å². The maximum Gasteiger partial charge on any atom is 0.270 e. The minimum absolute atomic E-state index is 0.0861. The third-order valence-electron chi connectivity index (χ3n) is 2.88. The van der Waals surface area contributed by atoms with E-state index in [-0.39, 0.29) is 16.1 Å². The van der Waals surface area contributed by atoms with E-state index in [9.17, 15) is 10.1 Å². The number of nitro benzene ring substituents is 1. The largest absolute Gasteiger partial charge is 0.378 e. The van der Waals surface area contributed by atoms with Crippen LogP contribution in [-0.2, 0) is 10.3 Å². The Labute approximate surface area is 107 Å². The van der Waals surface area contributed by atoms with Gasteiger partial charge in [0.2, 0.25) is 0 Å². The Balaban J connectivity index is 2.40. The van der Waals surface area contributed by atoms with Crippen molar-refractivity contribution in [2.75, 3.05) is 19.8 Å². The van der Waals surface area contributed by atoms with E-state index in [1.54, 1.807) is 6.07 Å². The summed E-state index contributed by atoms with van der Waals surface area (Å²) in [4.78, 5) is 10.4. The third kappa shape index (κ3) is 2.65. The van der Waals surface area contributed by atoms with Crippen molar-refractivity contribution in [3.63, 3.8) is 0 Å². The number of benzene rings is 1. The van der Waals surface area contributed by atoms with E-state index in [0.29, 0.717) is 17.7 Å². The monoisotopic (exact) mass is 300 g/mol. The number of nitrogens with zero attached hydrogens (tertiary/aromatic N) is 1. The molecule has 1 aliphatic rings. The molecule has 1 aromatic carbocycles. The van der Waals surface area contributed by atoms with E-state index in [0.717, 1.165) is 12.1 Å². The molecular formula is C11H13BrN2O3. The fourth-order valence-electron chi connectivity index (χ4n) is 1.91. The summed E-state index contributed by atoms with van der Waals surface area (Å²) in [5.74, 6) is 0. The molecule has 0 saturated carbocycles. The number of nitrogens with one attached hydrogen (secondary N) is 1. The number of nitro groups is 1. The van der Waals surface area contributed by atoms with Crippen molar-refractivity contribution in [3.05, 3.63) is 38.3 Å². The average Bonchev–Trinajstić information content (AvgIpc) is 2.29. The highest BCUT2D eigenvalue weighted by Gasteiger charge is 2.30. The fourth-order valence-corrected chi connectivity index (χ4v) is 2.39. The summed E-state index contributed by atoms with van der Waals surface area (Å²) in [7, 11) is 0. The van der Waals surface area contributed by atoms with Crippen molar-refractivity contribution >= 4 is 21.6 Å². The molecule has 5 nitrogen and oxygen atoms in total. The van der Waals surface area contributed by atoms with Crippen molar-refractivity contribution < 1.29 is 9.66 Å².